The van der Waals surface area contributed by atoms with E-state index in [4.69, 9.17) is 4.74 Å². The van der Waals surface area contributed by atoms with Crippen molar-refractivity contribution in [2.45, 2.75) is 13.1 Å². The van der Waals surface area contributed by atoms with E-state index in [2.05, 4.69) is 17.0 Å². The number of nitrogens with zero attached hydrogens (tertiary/aromatic N) is 2. The number of hydrogen-bond acceptors (Lipinski definition) is 5. The summed E-state index contributed by atoms with van der Waals surface area (Å²) in [5.74, 6) is 0.674. The van der Waals surface area contributed by atoms with Gasteiger partial charge in [-0.2, -0.15) is 0 Å². The van der Waals surface area contributed by atoms with Crippen molar-refractivity contribution in [3.05, 3.63) is 94.7 Å². The van der Waals surface area contributed by atoms with E-state index in [0.29, 0.717) is 23.4 Å². The zero-order valence-corrected chi connectivity index (χ0v) is 18.0. The van der Waals surface area contributed by atoms with Crippen LogP contribution < -0.4 is 9.64 Å². The van der Waals surface area contributed by atoms with Gasteiger partial charge in [0.25, 0.3) is 0 Å². The molecule has 5 heteroatoms. The van der Waals surface area contributed by atoms with E-state index in [1.54, 1.807) is 18.2 Å². The third-order valence-corrected chi connectivity index (χ3v) is 5.35. The predicted molar refractivity (Wildman–Crippen MR) is 123 cm³/mol. The Labute approximate surface area is 182 Å². The Balaban J connectivity index is 1.57. The number of phenolic OH excluding ortho intramolecular Hbond substituents is 1. The SMILES string of the molecule is CN(Cc1ccccc1)Cc1c(O)ccc2c1O/C(=C\c1ccc(N(C)C)cc1)C2=O. The molecule has 0 unspecified atom stereocenters. The molecule has 3 aromatic carbocycles. The van der Waals surface area contributed by atoms with Gasteiger partial charge in [0.05, 0.1) is 11.1 Å². The average Bonchev–Trinajstić information content (AvgIpc) is 3.07. The molecule has 0 radical (unpaired) electrons. The van der Waals surface area contributed by atoms with Crippen LogP contribution in [0.15, 0.2) is 72.5 Å². The summed E-state index contributed by atoms with van der Waals surface area (Å²) in [5, 5.41) is 10.5. The third kappa shape index (κ3) is 4.47. The number of benzene rings is 3. The predicted octanol–water partition coefficient (Wildman–Crippen LogP) is 4.71. The molecule has 158 valence electrons. The molecule has 0 bridgehead atoms. The summed E-state index contributed by atoms with van der Waals surface area (Å²) >= 11 is 0. The maximum atomic E-state index is 12.9. The van der Waals surface area contributed by atoms with Crippen LogP contribution in [0.4, 0.5) is 5.69 Å². The number of aromatic hydroxyl groups is 1. The molecule has 0 spiro atoms. The van der Waals surface area contributed by atoms with Crippen molar-refractivity contribution < 1.29 is 14.6 Å². The Morgan fingerprint density at radius 3 is 2.29 bits per heavy atom. The first-order valence-electron chi connectivity index (χ1n) is 10.2. The molecule has 1 heterocycles. The van der Waals surface area contributed by atoms with Gasteiger partial charge in [-0.25, -0.2) is 0 Å². The van der Waals surface area contributed by atoms with E-state index in [-0.39, 0.29) is 17.3 Å². The summed E-state index contributed by atoms with van der Waals surface area (Å²) in [7, 11) is 5.94. The molecule has 1 aliphatic heterocycles. The Morgan fingerprint density at radius 1 is 0.903 bits per heavy atom. The van der Waals surface area contributed by atoms with Gasteiger partial charge in [0.15, 0.2) is 5.76 Å². The van der Waals surface area contributed by atoms with Gasteiger partial charge in [-0.05, 0) is 48.5 Å². The number of rotatable bonds is 6. The molecule has 1 N–H and O–H groups in total. The molecular formula is C26H26N2O3. The highest BCUT2D eigenvalue weighted by Crippen LogP contribution is 2.40. The first-order chi connectivity index (χ1) is 14.9. The van der Waals surface area contributed by atoms with Crippen LogP contribution in [0.5, 0.6) is 11.5 Å². The molecule has 31 heavy (non-hydrogen) atoms. The van der Waals surface area contributed by atoms with Crippen LogP contribution in [0.1, 0.15) is 27.0 Å². The number of ether oxygens (including phenoxy) is 1. The van der Waals surface area contributed by atoms with E-state index < -0.39 is 0 Å². The molecule has 0 amide bonds. The number of fused-ring (bicyclic) bond motifs is 1. The zero-order valence-electron chi connectivity index (χ0n) is 18.0. The summed E-state index contributed by atoms with van der Waals surface area (Å²) in [5.41, 5.74) is 4.25. The smallest absolute Gasteiger partial charge is 0.231 e. The summed E-state index contributed by atoms with van der Waals surface area (Å²) < 4.78 is 5.98. The van der Waals surface area contributed by atoms with Crippen molar-refractivity contribution in [3.63, 3.8) is 0 Å². The zero-order chi connectivity index (χ0) is 22.0. The molecule has 1 aliphatic rings. The number of Topliss-reactive ketones (excluding diaryl/α,β-unsaturated/α-hetero) is 1. The van der Waals surface area contributed by atoms with E-state index >= 15 is 0 Å². The first-order valence-corrected chi connectivity index (χ1v) is 10.2. The second-order valence-electron chi connectivity index (χ2n) is 8.02. The maximum Gasteiger partial charge on any atom is 0.231 e. The van der Waals surface area contributed by atoms with Crippen LogP contribution in [0, 0.1) is 0 Å². The molecule has 0 aliphatic carbocycles. The summed E-state index contributed by atoms with van der Waals surface area (Å²) in [6.07, 6.45) is 1.75. The third-order valence-electron chi connectivity index (χ3n) is 5.35. The molecule has 3 aromatic rings. The van der Waals surface area contributed by atoms with Gasteiger partial charge in [-0.15, -0.1) is 0 Å². The van der Waals surface area contributed by atoms with Crippen LogP contribution in [0.2, 0.25) is 0 Å². The summed E-state index contributed by atoms with van der Waals surface area (Å²) in [4.78, 5) is 17.0. The number of carbonyl (C=O) groups is 1. The van der Waals surface area contributed by atoms with E-state index in [0.717, 1.165) is 17.8 Å². The number of ketones is 1. The van der Waals surface area contributed by atoms with Crippen molar-refractivity contribution in [2.75, 3.05) is 26.0 Å². The lowest BCUT2D eigenvalue weighted by Crippen LogP contribution is -2.17. The van der Waals surface area contributed by atoms with Crippen molar-refractivity contribution in [2.24, 2.45) is 0 Å². The minimum atomic E-state index is -0.168. The number of phenols is 1. The highest BCUT2D eigenvalue weighted by atomic mass is 16.5. The largest absolute Gasteiger partial charge is 0.507 e. The molecule has 0 atom stereocenters. The lowest BCUT2D eigenvalue weighted by molar-refractivity contribution is 0.101. The van der Waals surface area contributed by atoms with Gasteiger partial charge in [-0.3, -0.25) is 9.69 Å². The Hall–Kier alpha value is -3.57. The monoisotopic (exact) mass is 414 g/mol. The Morgan fingerprint density at radius 2 is 1.61 bits per heavy atom. The molecule has 0 saturated heterocycles. The summed E-state index contributed by atoms with van der Waals surface area (Å²) in [6.45, 7) is 1.18. The highest BCUT2D eigenvalue weighted by Gasteiger charge is 2.31. The van der Waals surface area contributed by atoms with E-state index in [1.165, 1.54) is 5.56 Å². The number of allylic oxidation sites excluding steroid dienone is 1. The lowest BCUT2D eigenvalue weighted by atomic mass is 10.0. The van der Waals surface area contributed by atoms with Crippen LogP contribution in [0.25, 0.3) is 6.08 Å². The fourth-order valence-corrected chi connectivity index (χ4v) is 3.69. The van der Waals surface area contributed by atoms with Crippen LogP contribution in [-0.4, -0.2) is 36.9 Å². The molecular weight excluding hydrogens is 388 g/mol. The van der Waals surface area contributed by atoms with Crippen molar-refractivity contribution in [3.8, 4) is 11.5 Å². The highest BCUT2D eigenvalue weighted by molar-refractivity contribution is 6.15. The second kappa shape index (κ2) is 8.66. The fraction of sp³-hybridized carbons (Fsp3) is 0.192. The minimum Gasteiger partial charge on any atom is -0.507 e. The van der Waals surface area contributed by atoms with Crippen molar-refractivity contribution in [1.29, 1.82) is 0 Å². The van der Waals surface area contributed by atoms with Crippen molar-refractivity contribution >= 4 is 17.5 Å². The average molecular weight is 415 g/mol. The lowest BCUT2D eigenvalue weighted by Gasteiger charge is -2.19. The van der Waals surface area contributed by atoms with Gasteiger partial charge in [0, 0.05) is 32.9 Å². The molecule has 4 rings (SSSR count). The normalized spacial score (nSPS) is 14.1. The minimum absolute atomic E-state index is 0.128. The molecule has 0 fully saturated rings. The number of anilines is 1. The van der Waals surface area contributed by atoms with Gasteiger partial charge in [-0.1, -0.05) is 42.5 Å². The maximum absolute atomic E-state index is 12.9. The van der Waals surface area contributed by atoms with Crippen LogP contribution in [-0.2, 0) is 13.1 Å². The topological polar surface area (TPSA) is 53.0 Å². The molecule has 0 aromatic heterocycles. The van der Waals surface area contributed by atoms with Crippen LogP contribution in [0.3, 0.4) is 0 Å². The summed E-state index contributed by atoms with van der Waals surface area (Å²) in [6, 6.07) is 21.2. The van der Waals surface area contributed by atoms with E-state index in [1.807, 2.05) is 68.5 Å². The quantitative estimate of drug-likeness (QED) is 0.592. The Bertz CT molecular complexity index is 1120. The van der Waals surface area contributed by atoms with E-state index in [9.17, 15) is 9.90 Å². The number of hydrogen-bond donors (Lipinski definition) is 1. The first kappa shape index (κ1) is 20.7. The second-order valence-corrected chi connectivity index (χ2v) is 8.02. The van der Waals surface area contributed by atoms with Gasteiger partial charge >= 0.3 is 0 Å². The van der Waals surface area contributed by atoms with Gasteiger partial charge in [0.2, 0.25) is 5.78 Å². The Kier molecular flexibility index (Phi) is 5.78. The van der Waals surface area contributed by atoms with Gasteiger partial charge in [0.1, 0.15) is 11.5 Å². The van der Waals surface area contributed by atoms with Crippen LogP contribution >= 0.6 is 0 Å². The standard InChI is InChI=1S/C26H26N2O3/c1-27(2)20-11-9-18(10-12-20)15-24-25(30)21-13-14-23(29)22(26(21)31-24)17-28(3)16-19-7-5-4-6-8-19/h4-15,29H,16-17H2,1-3H3/b24-15-. The fourth-order valence-electron chi connectivity index (χ4n) is 3.69. The van der Waals surface area contributed by atoms with Crippen molar-refractivity contribution in [1.82, 2.24) is 4.90 Å². The molecule has 0 saturated carbocycles. The number of carbonyl (C=O) groups excluding carboxylic acids is 1. The molecule has 5 nitrogen and oxygen atoms in total. The van der Waals surface area contributed by atoms with Gasteiger partial charge < -0.3 is 14.7 Å².